The zero-order valence-corrected chi connectivity index (χ0v) is 9.66. The summed E-state index contributed by atoms with van der Waals surface area (Å²) in [4.78, 5) is 0. The van der Waals surface area contributed by atoms with E-state index < -0.39 is 0 Å². The van der Waals surface area contributed by atoms with E-state index in [1.54, 1.807) is 0 Å². The van der Waals surface area contributed by atoms with Gasteiger partial charge in [-0.15, -0.1) is 0 Å². The van der Waals surface area contributed by atoms with Crippen LogP contribution in [0.15, 0.2) is 24.3 Å². The molecule has 2 heteroatoms. The Morgan fingerprint density at radius 2 is 2.00 bits per heavy atom. The number of hydrogen-bond donors (Lipinski definition) is 0. The molecule has 0 bridgehead atoms. The summed E-state index contributed by atoms with van der Waals surface area (Å²) in [7, 11) is 0. The van der Waals surface area contributed by atoms with Crippen molar-refractivity contribution in [3.8, 4) is 5.75 Å². The van der Waals surface area contributed by atoms with Gasteiger partial charge in [0.1, 0.15) is 5.75 Å². The third-order valence-electron chi connectivity index (χ3n) is 2.24. The number of halogens is 1. The monoisotopic (exact) mass is 210 g/mol. The lowest BCUT2D eigenvalue weighted by atomic mass is 10.0. The third kappa shape index (κ3) is 3.90. The fraction of sp³-hybridized carbons (Fsp3) is 0.538. The molecule has 0 aliphatic carbocycles. The van der Waals surface area contributed by atoms with Crippen LogP contribution in [0.4, 0.5) is 4.39 Å². The lowest BCUT2D eigenvalue weighted by Crippen LogP contribution is -2.05. The lowest BCUT2D eigenvalue weighted by Gasteiger charge is -2.12. The highest BCUT2D eigenvalue weighted by Crippen LogP contribution is 2.21. The van der Waals surface area contributed by atoms with Crippen LogP contribution in [0.1, 0.15) is 32.3 Å². The predicted octanol–water partition coefficient (Wildman–Crippen LogP) is 3.79. The summed E-state index contributed by atoms with van der Waals surface area (Å²) in [5.41, 5.74) is 0.999. The van der Waals surface area contributed by atoms with Gasteiger partial charge in [0, 0.05) is 5.92 Å². The highest BCUT2D eigenvalue weighted by atomic mass is 19.1. The smallest absolute Gasteiger partial charge is 0.119 e. The Morgan fingerprint density at radius 3 is 2.60 bits per heavy atom. The molecule has 0 radical (unpaired) electrons. The minimum absolute atomic E-state index is 0.0485. The van der Waals surface area contributed by atoms with Gasteiger partial charge in [-0.05, 0) is 23.6 Å². The summed E-state index contributed by atoms with van der Waals surface area (Å²) in [5, 5.41) is 0. The van der Waals surface area contributed by atoms with E-state index in [0.717, 1.165) is 11.3 Å². The summed E-state index contributed by atoms with van der Waals surface area (Å²) in [5.74, 6) is 1.29. The molecule has 0 saturated heterocycles. The van der Waals surface area contributed by atoms with Crippen LogP contribution >= 0.6 is 0 Å². The molecule has 0 N–H and O–H groups in total. The topological polar surface area (TPSA) is 9.23 Å². The second kappa shape index (κ2) is 5.74. The van der Waals surface area contributed by atoms with Gasteiger partial charge in [-0.1, -0.05) is 32.9 Å². The summed E-state index contributed by atoms with van der Waals surface area (Å²) in [6.07, 6.45) is 0. The van der Waals surface area contributed by atoms with Gasteiger partial charge in [-0.2, -0.15) is 0 Å². The molecule has 1 aromatic rings. The summed E-state index contributed by atoms with van der Waals surface area (Å²) >= 11 is 0. The zero-order chi connectivity index (χ0) is 11.3. The molecule has 0 aliphatic heterocycles. The van der Waals surface area contributed by atoms with Crippen molar-refractivity contribution in [1.29, 1.82) is 0 Å². The molecular weight excluding hydrogens is 191 g/mol. The first-order valence-electron chi connectivity index (χ1n) is 5.42. The van der Waals surface area contributed by atoms with Crippen LogP contribution < -0.4 is 4.74 Å². The Kier molecular flexibility index (Phi) is 4.60. The van der Waals surface area contributed by atoms with Crippen molar-refractivity contribution in [2.45, 2.75) is 26.7 Å². The maximum Gasteiger partial charge on any atom is 0.119 e. The van der Waals surface area contributed by atoms with Crippen LogP contribution in [0.3, 0.4) is 0 Å². The van der Waals surface area contributed by atoms with Crippen molar-refractivity contribution in [2.24, 2.45) is 5.92 Å². The maximum absolute atomic E-state index is 12.5. The van der Waals surface area contributed by atoms with Gasteiger partial charge in [0.05, 0.1) is 13.3 Å². The van der Waals surface area contributed by atoms with E-state index in [4.69, 9.17) is 4.74 Å². The molecule has 0 aromatic heterocycles. The highest BCUT2D eigenvalue weighted by Gasteiger charge is 2.05. The number of rotatable bonds is 5. The molecule has 84 valence electrons. The third-order valence-corrected chi connectivity index (χ3v) is 2.24. The van der Waals surface area contributed by atoms with E-state index in [1.807, 2.05) is 31.2 Å². The molecule has 0 fully saturated rings. The standard InChI is InChI=1S/C13H19FO/c1-10(2)9-15-13-6-4-5-12(7-13)11(3)8-14/h4-7,10-11H,8-9H2,1-3H3. The number of alkyl halides is 1. The summed E-state index contributed by atoms with van der Waals surface area (Å²) < 4.78 is 18.1. The van der Waals surface area contributed by atoms with Crippen LogP contribution in [-0.2, 0) is 0 Å². The molecule has 1 unspecified atom stereocenters. The van der Waals surface area contributed by atoms with E-state index in [0.29, 0.717) is 12.5 Å². The van der Waals surface area contributed by atoms with Gasteiger partial charge >= 0.3 is 0 Å². The Labute approximate surface area is 91.3 Å². The van der Waals surface area contributed by atoms with Crippen LogP contribution in [-0.4, -0.2) is 13.3 Å². The van der Waals surface area contributed by atoms with E-state index >= 15 is 0 Å². The zero-order valence-electron chi connectivity index (χ0n) is 9.66. The number of ether oxygens (including phenoxy) is 1. The first-order chi connectivity index (χ1) is 7.13. The average Bonchev–Trinajstić information content (AvgIpc) is 2.25. The Morgan fingerprint density at radius 1 is 1.27 bits per heavy atom. The van der Waals surface area contributed by atoms with Crippen LogP contribution in [0.25, 0.3) is 0 Å². The molecule has 1 rings (SSSR count). The number of hydrogen-bond acceptors (Lipinski definition) is 1. The minimum atomic E-state index is -0.326. The van der Waals surface area contributed by atoms with Gasteiger partial charge in [0.2, 0.25) is 0 Å². The molecule has 0 saturated carbocycles. The summed E-state index contributed by atoms with van der Waals surface area (Å²) in [6.45, 7) is 6.46. The van der Waals surface area contributed by atoms with Gasteiger partial charge < -0.3 is 4.74 Å². The molecule has 0 spiro atoms. The SMILES string of the molecule is CC(C)COc1cccc(C(C)CF)c1. The molecule has 1 atom stereocenters. The Bertz CT molecular complexity index is 296. The maximum atomic E-state index is 12.5. The largest absolute Gasteiger partial charge is 0.493 e. The Balaban J connectivity index is 2.65. The normalized spacial score (nSPS) is 12.9. The number of benzene rings is 1. The van der Waals surface area contributed by atoms with E-state index in [2.05, 4.69) is 13.8 Å². The van der Waals surface area contributed by atoms with Gasteiger partial charge in [-0.25, -0.2) is 0 Å². The van der Waals surface area contributed by atoms with Crippen molar-refractivity contribution < 1.29 is 9.13 Å². The fourth-order valence-electron chi connectivity index (χ4n) is 1.26. The molecule has 0 amide bonds. The van der Waals surface area contributed by atoms with E-state index in [9.17, 15) is 4.39 Å². The predicted molar refractivity (Wildman–Crippen MR) is 61.2 cm³/mol. The summed E-state index contributed by atoms with van der Waals surface area (Å²) in [6, 6.07) is 7.69. The van der Waals surface area contributed by atoms with E-state index in [-0.39, 0.29) is 12.6 Å². The van der Waals surface area contributed by atoms with Gasteiger partial charge in [0.15, 0.2) is 0 Å². The van der Waals surface area contributed by atoms with Crippen LogP contribution in [0.2, 0.25) is 0 Å². The fourth-order valence-corrected chi connectivity index (χ4v) is 1.26. The van der Waals surface area contributed by atoms with Crippen LogP contribution in [0.5, 0.6) is 5.75 Å². The van der Waals surface area contributed by atoms with Gasteiger partial charge in [0.25, 0.3) is 0 Å². The first-order valence-corrected chi connectivity index (χ1v) is 5.42. The second-order valence-electron chi connectivity index (χ2n) is 4.33. The molecular formula is C13H19FO. The van der Waals surface area contributed by atoms with Crippen molar-refractivity contribution in [3.63, 3.8) is 0 Å². The second-order valence-corrected chi connectivity index (χ2v) is 4.33. The molecule has 0 aliphatic rings. The average molecular weight is 210 g/mol. The van der Waals surface area contributed by atoms with Gasteiger partial charge in [-0.3, -0.25) is 4.39 Å². The first kappa shape index (κ1) is 12.0. The lowest BCUT2D eigenvalue weighted by molar-refractivity contribution is 0.270. The minimum Gasteiger partial charge on any atom is -0.493 e. The van der Waals surface area contributed by atoms with Crippen molar-refractivity contribution in [2.75, 3.05) is 13.3 Å². The van der Waals surface area contributed by atoms with Crippen LogP contribution in [0, 0.1) is 5.92 Å². The van der Waals surface area contributed by atoms with Crippen molar-refractivity contribution in [1.82, 2.24) is 0 Å². The molecule has 0 heterocycles. The van der Waals surface area contributed by atoms with Crippen molar-refractivity contribution in [3.05, 3.63) is 29.8 Å². The Hall–Kier alpha value is -1.05. The molecule has 1 nitrogen and oxygen atoms in total. The highest BCUT2D eigenvalue weighted by molar-refractivity contribution is 5.30. The molecule has 1 aromatic carbocycles. The van der Waals surface area contributed by atoms with E-state index in [1.165, 1.54) is 0 Å². The molecule has 15 heavy (non-hydrogen) atoms. The quantitative estimate of drug-likeness (QED) is 0.718. The van der Waals surface area contributed by atoms with Crippen molar-refractivity contribution >= 4 is 0 Å².